The third-order valence-corrected chi connectivity index (χ3v) is 2.20. The van der Waals surface area contributed by atoms with Crippen LogP contribution in [0.2, 0.25) is 0 Å². The summed E-state index contributed by atoms with van der Waals surface area (Å²) >= 11 is 0. The van der Waals surface area contributed by atoms with Gasteiger partial charge in [0.15, 0.2) is 0 Å². The Balaban J connectivity index is 2.12. The van der Waals surface area contributed by atoms with Gasteiger partial charge in [-0.1, -0.05) is 0 Å². The minimum absolute atomic E-state index is 0.147. The van der Waals surface area contributed by atoms with Gasteiger partial charge in [0, 0.05) is 17.8 Å². The molecule has 0 spiro atoms. The molecule has 1 fully saturated rings. The first-order valence-electron chi connectivity index (χ1n) is 5.45. The van der Waals surface area contributed by atoms with Crippen LogP contribution in [-0.2, 0) is 0 Å². The van der Waals surface area contributed by atoms with Gasteiger partial charge in [-0.2, -0.15) is 0 Å². The zero-order valence-electron chi connectivity index (χ0n) is 9.49. The lowest BCUT2D eigenvalue weighted by Crippen LogP contribution is -2.07. The highest BCUT2D eigenvalue weighted by Gasteiger charge is 2.24. The Kier molecular flexibility index (Phi) is 2.80. The van der Waals surface area contributed by atoms with Gasteiger partial charge in [-0.15, -0.1) is 0 Å². The summed E-state index contributed by atoms with van der Waals surface area (Å²) in [5.41, 5.74) is 1.07. The third kappa shape index (κ3) is 2.85. The molecular weight excluding hydrogens is 190 g/mol. The molecule has 1 aliphatic rings. The van der Waals surface area contributed by atoms with Crippen LogP contribution < -0.4 is 9.47 Å². The first-order valence-corrected chi connectivity index (χ1v) is 5.45. The van der Waals surface area contributed by atoms with E-state index in [0.29, 0.717) is 12.0 Å². The molecule has 0 N–H and O–H groups in total. The molecule has 1 aromatic heterocycles. The molecule has 82 valence electrons. The highest BCUT2D eigenvalue weighted by atomic mass is 16.5. The molecule has 3 heteroatoms. The molecule has 1 aliphatic carbocycles. The summed E-state index contributed by atoms with van der Waals surface area (Å²) in [6.07, 6.45) is 4.70. The maximum Gasteiger partial charge on any atom is 0.217 e. The predicted octanol–water partition coefficient (Wildman–Crippen LogP) is 2.72. The predicted molar refractivity (Wildman–Crippen MR) is 58.4 cm³/mol. The summed E-state index contributed by atoms with van der Waals surface area (Å²) in [6, 6.07) is 1.88. The van der Waals surface area contributed by atoms with Crippen molar-refractivity contribution in [2.75, 3.05) is 0 Å². The number of hydrogen-bond donors (Lipinski definition) is 0. The highest BCUT2D eigenvalue weighted by Crippen LogP contribution is 2.30. The van der Waals surface area contributed by atoms with Crippen LogP contribution >= 0.6 is 0 Å². The van der Waals surface area contributed by atoms with Crippen LogP contribution in [-0.4, -0.2) is 17.2 Å². The van der Waals surface area contributed by atoms with Crippen molar-refractivity contribution in [3.63, 3.8) is 0 Å². The van der Waals surface area contributed by atoms with Gasteiger partial charge < -0.3 is 9.47 Å². The van der Waals surface area contributed by atoms with Gasteiger partial charge in [-0.3, -0.25) is 0 Å². The largest absolute Gasteiger partial charge is 0.490 e. The molecule has 0 atom stereocenters. The number of nitrogens with zero attached hydrogens (tertiary/aromatic N) is 1. The van der Waals surface area contributed by atoms with Gasteiger partial charge in [-0.05, 0) is 33.6 Å². The molecule has 0 amide bonds. The van der Waals surface area contributed by atoms with Gasteiger partial charge in [0.2, 0.25) is 5.88 Å². The SMILES string of the molecule is Cc1cnc(OC(C)C)cc1OC1CC1. The minimum atomic E-state index is 0.147. The van der Waals surface area contributed by atoms with E-state index in [1.54, 1.807) is 6.20 Å². The summed E-state index contributed by atoms with van der Waals surface area (Å²) < 4.78 is 11.3. The Labute approximate surface area is 90.4 Å². The molecule has 3 nitrogen and oxygen atoms in total. The molecule has 1 aromatic rings. The fourth-order valence-corrected chi connectivity index (χ4v) is 1.29. The minimum Gasteiger partial charge on any atom is -0.490 e. The monoisotopic (exact) mass is 207 g/mol. The van der Waals surface area contributed by atoms with Crippen molar-refractivity contribution in [2.45, 2.75) is 45.8 Å². The maximum atomic E-state index is 5.76. The van der Waals surface area contributed by atoms with Crippen molar-refractivity contribution < 1.29 is 9.47 Å². The molecule has 0 saturated heterocycles. The lowest BCUT2D eigenvalue weighted by Gasteiger charge is -2.12. The summed E-state index contributed by atoms with van der Waals surface area (Å²) in [6.45, 7) is 5.98. The van der Waals surface area contributed by atoms with Crippen LogP contribution in [0.15, 0.2) is 12.3 Å². The standard InChI is InChI=1S/C12H17NO2/c1-8(2)14-12-6-11(9(3)7-13-12)15-10-4-5-10/h6-8,10H,4-5H2,1-3H3. The Morgan fingerprint density at radius 1 is 1.40 bits per heavy atom. The van der Waals surface area contributed by atoms with E-state index < -0.39 is 0 Å². The van der Waals surface area contributed by atoms with E-state index in [1.165, 1.54) is 12.8 Å². The van der Waals surface area contributed by atoms with E-state index in [1.807, 2.05) is 26.8 Å². The molecule has 0 aliphatic heterocycles. The van der Waals surface area contributed by atoms with Gasteiger partial charge in [0.25, 0.3) is 0 Å². The van der Waals surface area contributed by atoms with E-state index in [2.05, 4.69) is 4.98 Å². The molecule has 0 bridgehead atoms. The molecule has 2 rings (SSSR count). The van der Waals surface area contributed by atoms with E-state index in [0.717, 1.165) is 11.3 Å². The molecule has 0 aromatic carbocycles. The van der Waals surface area contributed by atoms with Crippen LogP contribution in [0.1, 0.15) is 32.3 Å². The first kappa shape index (κ1) is 10.3. The molecule has 15 heavy (non-hydrogen) atoms. The number of aryl methyl sites for hydroxylation is 1. The first-order chi connectivity index (χ1) is 7.15. The molecule has 0 radical (unpaired) electrons. The van der Waals surface area contributed by atoms with Crippen molar-refractivity contribution in [2.24, 2.45) is 0 Å². The van der Waals surface area contributed by atoms with E-state index in [4.69, 9.17) is 9.47 Å². The Morgan fingerprint density at radius 2 is 2.13 bits per heavy atom. The van der Waals surface area contributed by atoms with Gasteiger partial charge in [0.05, 0.1) is 12.2 Å². The average molecular weight is 207 g/mol. The number of hydrogen-bond acceptors (Lipinski definition) is 3. The maximum absolute atomic E-state index is 5.76. The summed E-state index contributed by atoms with van der Waals surface area (Å²) in [5, 5.41) is 0. The van der Waals surface area contributed by atoms with E-state index in [-0.39, 0.29) is 6.10 Å². The van der Waals surface area contributed by atoms with Crippen molar-refractivity contribution in [1.29, 1.82) is 0 Å². The highest BCUT2D eigenvalue weighted by molar-refractivity contribution is 5.34. The summed E-state index contributed by atoms with van der Waals surface area (Å²) in [4.78, 5) is 4.20. The number of rotatable bonds is 4. The molecule has 1 saturated carbocycles. The average Bonchev–Trinajstić information content (AvgIpc) is 2.94. The third-order valence-electron chi connectivity index (χ3n) is 2.20. The number of ether oxygens (including phenoxy) is 2. The number of pyridine rings is 1. The Morgan fingerprint density at radius 3 is 2.73 bits per heavy atom. The van der Waals surface area contributed by atoms with Crippen molar-refractivity contribution in [3.8, 4) is 11.6 Å². The van der Waals surface area contributed by atoms with Crippen LogP contribution in [0.3, 0.4) is 0 Å². The fraction of sp³-hybridized carbons (Fsp3) is 0.583. The van der Waals surface area contributed by atoms with Crippen molar-refractivity contribution in [1.82, 2.24) is 4.98 Å². The smallest absolute Gasteiger partial charge is 0.217 e. The van der Waals surface area contributed by atoms with E-state index in [9.17, 15) is 0 Å². The number of aromatic nitrogens is 1. The molecule has 1 heterocycles. The van der Waals surface area contributed by atoms with Crippen molar-refractivity contribution in [3.05, 3.63) is 17.8 Å². The summed E-state index contributed by atoms with van der Waals surface area (Å²) in [5.74, 6) is 1.55. The Bertz CT molecular complexity index is 345. The molecular formula is C12H17NO2. The van der Waals surface area contributed by atoms with Crippen molar-refractivity contribution >= 4 is 0 Å². The normalized spacial score (nSPS) is 15.5. The second kappa shape index (κ2) is 4.09. The topological polar surface area (TPSA) is 31.4 Å². The van der Waals surface area contributed by atoms with Crippen LogP contribution in [0.4, 0.5) is 0 Å². The lowest BCUT2D eigenvalue weighted by molar-refractivity contribution is 0.229. The zero-order valence-corrected chi connectivity index (χ0v) is 9.49. The van der Waals surface area contributed by atoms with Crippen LogP contribution in [0.5, 0.6) is 11.6 Å². The van der Waals surface area contributed by atoms with Gasteiger partial charge in [-0.25, -0.2) is 4.98 Å². The van der Waals surface area contributed by atoms with Gasteiger partial charge in [0.1, 0.15) is 5.75 Å². The lowest BCUT2D eigenvalue weighted by atomic mass is 10.3. The molecule has 0 unspecified atom stereocenters. The second-order valence-corrected chi connectivity index (χ2v) is 4.27. The van der Waals surface area contributed by atoms with Gasteiger partial charge >= 0.3 is 0 Å². The fourth-order valence-electron chi connectivity index (χ4n) is 1.29. The quantitative estimate of drug-likeness (QED) is 0.760. The Hall–Kier alpha value is -1.25. The van der Waals surface area contributed by atoms with Crippen LogP contribution in [0, 0.1) is 6.92 Å². The second-order valence-electron chi connectivity index (χ2n) is 4.27. The van der Waals surface area contributed by atoms with E-state index >= 15 is 0 Å². The summed E-state index contributed by atoms with van der Waals surface area (Å²) in [7, 11) is 0. The zero-order chi connectivity index (χ0) is 10.8. The van der Waals surface area contributed by atoms with Crippen LogP contribution in [0.25, 0.3) is 0 Å².